The summed E-state index contributed by atoms with van der Waals surface area (Å²) >= 11 is 5.83. The summed E-state index contributed by atoms with van der Waals surface area (Å²) in [4.78, 5) is 12.3. The van der Waals surface area contributed by atoms with Crippen molar-refractivity contribution in [3.8, 4) is 0 Å². The highest BCUT2D eigenvalue weighted by Gasteiger charge is 2.02. The van der Waals surface area contributed by atoms with Crippen molar-refractivity contribution in [1.82, 2.24) is 0 Å². The molecule has 2 aromatic carbocycles. The zero-order valence-electron chi connectivity index (χ0n) is 12.9. The number of halogens is 1. The highest BCUT2D eigenvalue weighted by atomic mass is 35.5. The van der Waals surface area contributed by atoms with Gasteiger partial charge in [0.15, 0.2) is 5.84 Å². The van der Waals surface area contributed by atoms with Crippen molar-refractivity contribution < 1.29 is 0 Å². The molecule has 0 unspecified atom stereocenters. The Kier molecular flexibility index (Phi) is 8.46. The third kappa shape index (κ3) is 6.02. The molecule has 0 atom stereocenters. The lowest BCUT2D eigenvalue weighted by molar-refractivity contribution is 1.06. The molecule has 0 radical (unpaired) electrons. The van der Waals surface area contributed by atoms with Crippen LogP contribution in [0.3, 0.4) is 0 Å². The van der Waals surface area contributed by atoms with E-state index in [0.717, 1.165) is 11.1 Å². The smallest absolute Gasteiger partial charge is 0.223 e. The van der Waals surface area contributed by atoms with E-state index in [1.54, 1.807) is 0 Å². The minimum absolute atomic E-state index is 0.0839. The second-order valence-corrected chi connectivity index (χ2v) is 4.37. The van der Waals surface area contributed by atoms with E-state index in [0.29, 0.717) is 12.4 Å². The topological polar surface area (TPSA) is 37.1 Å². The minimum atomic E-state index is 0.0839. The van der Waals surface area contributed by atoms with Gasteiger partial charge in [0.2, 0.25) is 5.29 Å². The van der Waals surface area contributed by atoms with Gasteiger partial charge < -0.3 is 0 Å². The van der Waals surface area contributed by atoms with Crippen LogP contribution in [0.25, 0.3) is 0 Å². The molecule has 0 aliphatic rings. The second-order valence-electron chi connectivity index (χ2n) is 4.03. The fourth-order valence-corrected chi connectivity index (χ4v) is 1.73. The Balaban J connectivity index is 0.00000116. The first-order chi connectivity index (χ1) is 10.8. The average molecular weight is 314 g/mol. The molecule has 2 aromatic rings. The lowest BCUT2D eigenvalue weighted by Gasteiger charge is -2.02. The average Bonchev–Trinajstić information content (AvgIpc) is 2.61. The van der Waals surface area contributed by atoms with Gasteiger partial charge in [0, 0.05) is 5.56 Å². The molecule has 22 heavy (non-hydrogen) atoms. The number of nitrogens with zero attached hydrogens (tertiary/aromatic N) is 3. The van der Waals surface area contributed by atoms with Gasteiger partial charge in [-0.3, -0.25) is 4.99 Å². The van der Waals surface area contributed by atoms with Crippen LogP contribution in [0.4, 0.5) is 0 Å². The quantitative estimate of drug-likeness (QED) is 0.436. The molecular weight excluding hydrogens is 294 g/mol. The number of amidine groups is 2. The first kappa shape index (κ1) is 17.8. The van der Waals surface area contributed by atoms with Gasteiger partial charge in [-0.1, -0.05) is 74.5 Å². The maximum absolute atomic E-state index is 5.83. The van der Waals surface area contributed by atoms with E-state index >= 15 is 0 Å². The third-order valence-corrected chi connectivity index (χ3v) is 2.82. The molecule has 4 heteroatoms. The van der Waals surface area contributed by atoms with Gasteiger partial charge in [0.05, 0.1) is 6.54 Å². The molecule has 3 nitrogen and oxygen atoms in total. The monoisotopic (exact) mass is 313 g/mol. The molecule has 0 heterocycles. The summed E-state index contributed by atoms with van der Waals surface area (Å²) in [6.07, 6.45) is 0. The molecule has 0 aliphatic heterocycles. The molecule has 0 aromatic heterocycles. The van der Waals surface area contributed by atoms with E-state index in [-0.39, 0.29) is 5.29 Å². The second kappa shape index (κ2) is 10.5. The largest absolute Gasteiger partial charge is 0.261 e. The SMILES string of the molecule is C=NC(Cl)=NC(=NCc1ccccc1)c1ccccc1.CC. The van der Waals surface area contributed by atoms with Crippen molar-refractivity contribution in [2.45, 2.75) is 20.4 Å². The molecule has 0 aliphatic carbocycles. The number of hydrogen-bond acceptors (Lipinski definition) is 1. The summed E-state index contributed by atoms with van der Waals surface area (Å²) in [5.41, 5.74) is 2.00. The maximum Gasteiger partial charge on any atom is 0.223 e. The van der Waals surface area contributed by atoms with Crippen LogP contribution >= 0.6 is 11.6 Å². The zero-order valence-corrected chi connectivity index (χ0v) is 13.7. The molecule has 2 rings (SSSR count). The molecule has 114 valence electrons. The van der Waals surface area contributed by atoms with Crippen LogP contribution in [0.1, 0.15) is 25.0 Å². The predicted octanol–water partition coefficient (Wildman–Crippen LogP) is 4.96. The Morgan fingerprint density at radius 2 is 1.50 bits per heavy atom. The molecular formula is C18H20ClN3. The van der Waals surface area contributed by atoms with Crippen LogP contribution in [0, 0.1) is 0 Å². The van der Waals surface area contributed by atoms with E-state index < -0.39 is 0 Å². The first-order valence-corrected chi connectivity index (χ1v) is 7.52. The highest BCUT2D eigenvalue weighted by Crippen LogP contribution is 2.07. The molecule has 0 fully saturated rings. The summed E-state index contributed by atoms with van der Waals surface area (Å²) in [6, 6.07) is 19.6. The fourth-order valence-electron chi connectivity index (χ4n) is 1.65. The summed E-state index contributed by atoms with van der Waals surface area (Å²) in [6.45, 7) is 7.90. The Bertz CT molecular complexity index is 619. The summed E-state index contributed by atoms with van der Waals surface area (Å²) < 4.78 is 0. The van der Waals surface area contributed by atoms with Crippen LogP contribution in [0.5, 0.6) is 0 Å². The van der Waals surface area contributed by atoms with Crippen LogP contribution < -0.4 is 0 Å². The lowest BCUT2D eigenvalue weighted by Crippen LogP contribution is -2.00. The van der Waals surface area contributed by atoms with Gasteiger partial charge in [-0.2, -0.15) is 4.99 Å². The van der Waals surface area contributed by atoms with Gasteiger partial charge in [-0.05, 0) is 23.9 Å². The van der Waals surface area contributed by atoms with Crippen LogP contribution in [-0.4, -0.2) is 17.8 Å². The minimum Gasteiger partial charge on any atom is -0.261 e. The molecule has 0 bridgehead atoms. The number of benzene rings is 2. The maximum atomic E-state index is 5.83. The highest BCUT2D eigenvalue weighted by molar-refractivity contribution is 6.66. The van der Waals surface area contributed by atoms with Crippen molar-refractivity contribution in [3.05, 3.63) is 71.8 Å². The Labute approximate surface area is 137 Å². The number of hydrogen-bond donors (Lipinski definition) is 0. The molecule has 0 N–H and O–H groups in total. The number of aliphatic imine (C=N–C) groups is 3. The Morgan fingerprint density at radius 3 is 2.05 bits per heavy atom. The van der Waals surface area contributed by atoms with Gasteiger partial charge in [0.25, 0.3) is 0 Å². The third-order valence-electron chi connectivity index (χ3n) is 2.61. The standard InChI is InChI=1S/C16H14ClN3.C2H6/c1-18-16(17)20-15(14-10-6-3-7-11-14)19-12-13-8-4-2-5-9-13;1-2/h2-11H,1,12H2;1-2H3. The van der Waals surface area contributed by atoms with Gasteiger partial charge in [-0.15, -0.1) is 0 Å². The van der Waals surface area contributed by atoms with Gasteiger partial charge in [-0.25, -0.2) is 4.99 Å². The van der Waals surface area contributed by atoms with Crippen molar-refractivity contribution >= 4 is 29.4 Å². The molecule has 0 saturated carbocycles. The predicted molar refractivity (Wildman–Crippen MR) is 97.3 cm³/mol. The summed E-state index contributed by atoms with van der Waals surface area (Å²) in [5.74, 6) is 0.548. The Hall–Kier alpha value is -2.26. The fraction of sp³-hybridized carbons (Fsp3) is 0.167. The molecule has 0 amide bonds. The first-order valence-electron chi connectivity index (χ1n) is 7.14. The number of rotatable bonds is 3. The normalized spacial score (nSPS) is 11.4. The van der Waals surface area contributed by atoms with Crippen LogP contribution in [0.15, 0.2) is 75.6 Å². The van der Waals surface area contributed by atoms with E-state index in [4.69, 9.17) is 11.6 Å². The van der Waals surface area contributed by atoms with Gasteiger partial charge >= 0.3 is 0 Å². The van der Waals surface area contributed by atoms with E-state index in [9.17, 15) is 0 Å². The van der Waals surface area contributed by atoms with Crippen molar-refractivity contribution in [3.63, 3.8) is 0 Å². The Morgan fingerprint density at radius 1 is 0.955 bits per heavy atom. The van der Waals surface area contributed by atoms with E-state index in [2.05, 4.69) is 21.7 Å². The molecule has 0 spiro atoms. The van der Waals surface area contributed by atoms with Crippen molar-refractivity contribution in [2.24, 2.45) is 15.0 Å². The molecule has 0 saturated heterocycles. The van der Waals surface area contributed by atoms with E-state index in [1.807, 2.05) is 74.5 Å². The van der Waals surface area contributed by atoms with E-state index in [1.165, 1.54) is 0 Å². The van der Waals surface area contributed by atoms with Crippen molar-refractivity contribution in [2.75, 3.05) is 0 Å². The zero-order chi connectivity index (χ0) is 16.2. The lowest BCUT2D eigenvalue weighted by atomic mass is 10.2. The van der Waals surface area contributed by atoms with Gasteiger partial charge in [0.1, 0.15) is 0 Å². The summed E-state index contributed by atoms with van der Waals surface area (Å²) in [5, 5.41) is 0.0839. The van der Waals surface area contributed by atoms with Crippen molar-refractivity contribution in [1.29, 1.82) is 0 Å². The van der Waals surface area contributed by atoms with Crippen LogP contribution in [-0.2, 0) is 6.54 Å². The van der Waals surface area contributed by atoms with Crippen LogP contribution in [0.2, 0.25) is 0 Å². The summed E-state index contributed by atoms with van der Waals surface area (Å²) in [7, 11) is 0.